The molecule has 2 heteroatoms. The number of carbonyl (C=O) groups is 1. The minimum Gasteiger partial charge on any atom is -0.496 e. The summed E-state index contributed by atoms with van der Waals surface area (Å²) in [5.41, 5.74) is 5.04. The van der Waals surface area contributed by atoms with Gasteiger partial charge in [-0.15, -0.1) is 0 Å². The van der Waals surface area contributed by atoms with Crippen LogP contribution in [0.3, 0.4) is 0 Å². The molecule has 0 aromatic heterocycles. The molecule has 0 unspecified atom stereocenters. The summed E-state index contributed by atoms with van der Waals surface area (Å²) >= 11 is 0. The minimum atomic E-state index is 0.0965. The molecule has 2 nitrogen and oxygen atoms in total. The van der Waals surface area contributed by atoms with Crippen molar-refractivity contribution in [3.8, 4) is 5.75 Å². The van der Waals surface area contributed by atoms with E-state index in [1.807, 2.05) is 57.2 Å². The number of hydrogen-bond acceptors (Lipinski definition) is 2. The third kappa shape index (κ3) is 2.74. The van der Waals surface area contributed by atoms with E-state index in [9.17, 15) is 4.79 Å². The second kappa shape index (κ2) is 5.91. The fourth-order valence-electron chi connectivity index (χ4n) is 2.35. The highest BCUT2D eigenvalue weighted by Gasteiger charge is 2.16. The largest absolute Gasteiger partial charge is 0.496 e. The lowest BCUT2D eigenvalue weighted by Gasteiger charge is -2.13. The van der Waals surface area contributed by atoms with Crippen molar-refractivity contribution in [2.45, 2.75) is 27.2 Å². The number of ketones is 1. The van der Waals surface area contributed by atoms with Gasteiger partial charge in [0.15, 0.2) is 5.78 Å². The molecular weight excluding hydrogens is 248 g/mol. The molecule has 2 aromatic rings. The highest BCUT2D eigenvalue weighted by atomic mass is 16.5. The zero-order chi connectivity index (χ0) is 14.7. The number of carbonyl (C=O) groups excluding carboxylic acids is 1. The highest BCUT2D eigenvalue weighted by molar-refractivity contribution is 6.00. The van der Waals surface area contributed by atoms with Crippen LogP contribution in [-0.2, 0) is 6.42 Å². The molecule has 104 valence electrons. The van der Waals surface area contributed by atoms with Crippen LogP contribution in [-0.4, -0.2) is 12.9 Å². The molecule has 0 aliphatic rings. The van der Waals surface area contributed by atoms with E-state index in [1.165, 1.54) is 0 Å². The van der Waals surface area contributed by atoms with Crippen molar-refractivity contribution >= 4 is 5.78 Å². The average Bonchev–Trinajstić information content (AvgIpc) is 2.44. The zero-order valence-corrected chi connectivity index (χ0v) is 12.5. The maximum atomic E-state index is 12.5. The van der Waals surface area contributed by atoms with Gasteiger partial charge in [-0.1, -0.05) is 30.3 Å². The van der Waals surface area contributed by atoms with Gasteiger partial charge in [-0.05, 0) is 49.1 Å². The van der Waals surface area contributed by atoms with Crippen LogP contribution < -0.4 is 4.74 Å². The predicted molar refractivity (Wildman–Crippen MR) is 81.7 cm³/mol. The molecule has 0 aliphatic heterocycles. The van der Waals surface area contributed by atoms with Gasteiger partial charge in [0.25, 0.3) is 0 Å². The minimum absolute atomic E-state index is 0.0965. The lowest BCUT2D eigenvalue weighted by molar-refractivity contribution is 0.0989. The molecule has 20 heavy (non-hydrogen) atoms. The lowest BCUT2D eigenvalue weighted by atomic mass is 9.96. The Bertz CT molecular complexity index is 642. The normalized spacial score (nSPS) is 10.4. The summed E-state index contributed by atoms with van der Waals surface area (Å²) in [6, 6.07) is 11.8. The van der Waals surface area contributed by atoms with Crippen molar-refractivity contribution in [1.82, 2.24) is 0 Å². The summed E-state index contributed by atoms with van der Waals surface area (Å²) in [7, 11) is 1.62. The van der Waals surface area contributed by atoms with Crippen molar-refractivity contribution in [3.05, 3.63) is 64.2 Å². The topological polar surface area (TPSA) is 26.3 Å². The molecule has 0 atom stereocenters. The fourth-order valence-corrected chi connectivity index (χ4v) is 2.35. The molecule has 0 spiro atoms. The number of methoxy groups -OCH3 is 1. The Balaban J connectivity index is 2.35. The number of rotatable bonds is 4. The van der Waals surface area contributed by atoms with Crippen LogP contribution in [0.5, 0.6) is 5.75 Å². The number of benzene rings is 2. The highest BCUT2D eigenvalue weighted by Crippen LogP contribution is 2.27. The smallest absolute Gasteiger partial charge is 0.170 e. The van der Waals surface area contributed by atoms with E-state index in [-0.39, 0.29) is 5.78 Å². The van der Waals surface area contributed by atoms with Gasteiger partial charge < -0.3 is 4.74 Å². The molecule has 0 saturated carbocycles. The number of aryl methyl sites for hydroxylation is 2. The molecule has 0 bridgehead atoms. The van der Waals surface area contributed by atoms with E-state index < -0.39 is 0 Å². The van der Waals surface area contributed by atoms with Gasteiger partial charge in [0, 0.05) is 6.42 Å². The zero-order valence-electron chi connectivity index (χ0n) is 12.5. The quantitative estimate of drug-likeness (QED) is 0.782. The summed E-state index contributed by atoms with van der Waals surface area (Å²) in [4.78, 5) is 12.5. The lowest BCUT2D eigenvalue weighted by Crippen LogP contribution is -2.08. The van der Waals surface area contributed by atoms with E-state index in [2.05, 4.69) is 0 Å². The van der Waals surface area contributed by atoms with Crippen LogP contribution in [0.15, 0.2) is 36.4 Å². The summed E-state index contributed by atoms with van der Waals surface area (Å²) in [6.45, 7) is 6.03. The second-order valence-corrected chi connectivity index (χ2v) is 5.11. The Morgan fingerprint density at radius 3 is 2.35 bits per heavy atom. The predicted octanol–water partition coefficient (Wildman–Crippen LogP) is 4.05. The van der Waals surface area contributed by atoms with Crippen molar-refractivity contribution in [3.63, 3.8) is 0 Å². The summed E-state index contributed by atoms with van der Waals surface area (Å²) in [6.07, 6.45) is 0.408. The Kier molecular flexibility index (Phi) is 4.23. The van der Waals surface area contributed by atoms with Gasteiger partial charge in [-0.3, -0.25) is 4.79 Å². The van der Waals surface area contributed by atoms with Crippen LogP contribution >= 0.6 is 0 Å². The monoisotopic (exact) mass is 268 g/mol. The molecule has 0 fully saturated rings. The van der Waals surface area contributed by atoms with Crippen LogP contribution in [0.4, 0.5) is 0 Å². The van der Waals surface area contributed by atoms with E-state index in [1.54, 1.807) is 7.11 Å². The van der Waals surface area contributed by atoms with Crippen LogP contribution in [0.2, 0.25) is 0 Å². The van der Waals surface area contributed by atoms with E-state index >= 15 is 0 Å². The first-order chi connectivity index (χ1) is 9.54. The van der Waals surface area contributed by atoms with Crippen LogP contribution in [0.25, 0.3) is 0 Å². The van der Waals surface area contributed by atoms with Crippen molar-refractivity contribution in [2.75, 3.05) is 7.11 Å². The molecule has 0 saturated heterocycles. The van der Waals surface area contributed by atoms with E-state index in [0.29, 0.717) is 17.7 Å². The molecule has 0 heterocycles. The summed E-state index contributed by atoms with van der Waals surface area (Å²) in [5.74, 6) is 0.794. The first-order valence-corrected chi connectivity index (χ1v) is 6.76. The van der Waals surface area contributed by atoms with Crippen LogP contribution in [0, 0.1) is 20.8 Å². The number of ether oxygens (including phenoxy) is 1. The number of Topliss-reactive ketones (excluding diaryl/α,β-unsaturated/α-hetero) is 1. The Morgan fingerprint density at radius 1 is 1.00 bits per heavy atom. The van der Waals surface area contributed by atoms with Crippen molar-refractivity contribution in [1.29, 1.82) is 0 Å². The maximum Gasteiger partial charge on any atom is 0.170 e. The third-order valence-electron chi connectivity index (χ3n) is 3.79. The summed E-state index contributed by atoms with van der Waals surface area (Å²) < 4.78 is 5.43. The molecule has 0 aliphatic carbocycles. The second-order valence-electron chi connectivity index (χ2n) is 5.11. The summed E-state index contributed by atoms with van der Waals surface area (Å²) in [5, 5.41) is 0. The number of hydrogen-bond donors (Lipinski definition) is 0. The van der Waals surface area contributed by atoms with Gasteiger partial charge in [0.05, 0.1) is 12.7 Å². The molecular formula is C18H20O2. The van der Waals surface area contributed by atoms with Crippen LogP contribution in [0.1, 0.15) is 32.6 Å². The first kappa shape index (κ1) is 14.3. The molecule has 2 aromatic carbocycles. The molecule has 0 amide bonds. The fraction of sp³-hybridized carbons (Fsp3) is 0.278. The SMILES string of the molecule is COc1c(C(=O)Cc2ccccc2C)ccc(C)c1C. The Hall–Kier alpha value is -2.09. The maximum absolute atomic E-state index is 12.5. The first-order valence-electron chi connectivity index (χ1n) is 6.76. The molecule has 2 rings (SSSR count). The third-order valence-corrected chi connectivity index (χ3v) is 3.79. The van der Waals surface area contributed by atoms with Gasteiger partial charge in [-0.25, -0.2) is 0 Å². The average molecular weight is 268 g/mol. The van der Waals surface area contributed by atoms with E-state index in [0.717, 1.165) is 22.3 Å². The van der Waals surface area contributed by atoms with Gasteiger partial charge >= 0.3 is 0 Å². The molecule has 0 radical (unpaired) electrons. The van der Waals surface area contributed by atoms with E-state index in [4.69, 9.17) is 4.74 Å². The standard InChI is InChI=1S/C18H20O2/c1-12-9-10-16(18(20-4)14(12)3)17(19)11-15-8-6-5-7-13(15)2/h5-10H,11H2,1-4H3. The van der Waals surface area contributed by atoms with Crippen molar-refractivity contribution < 1.29 is 9.53 Å². The molecule has 0 N–H and O–H groups in total. The van der Waals surface area contributed by atoms with Gasteiger partial charge in [0.1, 0.15) is 5.75 Å². The van der Waals surface area contributed by atoms with Gasteiger partial charge in [0.2, 0.25) is 0 Å². The Morgan fingerprint density at radius 2 is 1.70 bits per heavy atom. The Labute approximate surface area is 120 Å². The van der Waals surface area contributed by atoms with Crippen molar-refractivity contribution in [2.24, 2.45) is 0 Å². The van der Waals surface area contributed by atoms with Gasteiger partial charge in [-0.2, -0.15) is 0 Å².